The number of carboxylic acids is 1. The van der Waals surface area contributed by atoms with E-state index >= 15 is 0 Å². The number of nitrogens with one attached hydrogen (secondary N) is 2. The fourth-order valence-electron chi connectivity index (χ4n) is 0.939. The topological polar surface area (TPSA) is 104 Å². The van der Waals surface area contributed by atoms with Gasteiger partial charge in [-0.05, 0) is 6.07 Å². The number of rotatable bonds is 5. The Balaban J connectivity index is 2.18. The van der Waals surface area contributed by atoms with Gasteiger partial charge in [0, 0.05) is 12.7 Å². The number of amides is 2. The zero-order valence-corrected chi connectivity index (χ0v) is 8.51. The first-order valence-corrected chi connectivity index (χ1v) is 4.67. The summed E-state index contributed by atoms with van der Waals surface area (Å²) in [7, 11) is 0. The van der Waals surface area contributed by atoms with Crippen LogP contribution in [0.3, 0.4) is 0 Å². The van der Waals surface area contributed by atoms with Gasteiger partial charge in [0.05, 0.1) is 18.7 Å². The smallest absolute Gasteiger partial charge is 0.315 e. The van der Waals surface area contributed by atoms with E-state index in [1.54, 1.807) is 12.3 Å². The summed E-state index contributed by atoms with van der Waals surface area (Å²) in [5.74, 6) is -0.948. The molecule has 0 radical (unpaired) electrons. The first-order chi connectivity index (χ1) is 7.68. The third kappa shape index (κ3) is 4.89. The molecule has 0 atom stereocenters. The number of hydrogen-bond acceptors (Lipinski definition) is 4. The van der Waals surface area contributed by atoms with Crippen molar-refractivity contribution >= 4 is 12.0 Å². The second-order valence-corrected chi connectivity index (χ2v) is 2.95. The Morgan fingerprint density at radius 3 is 2.81 bits per heavy atom. The zero-order valence-electron chi connectivity index (χ0n) is 8.51. The molecule has 7 heteroatoms. The summed E-state index contributed by atoms with van der Waals surface area (Å²) < 4.78 is 0. The molecule has 0 aliphatic heterocycles. The molecule has 2 amide bonds. The average molecular weight is 224 g/mol. The monoisotopic (exact) mass is 224 g/mol. The standard InChI is InChI=1S/C9H12N4O3/c14-8(15)2-4-11-9(16)12-5-7-1-3-10-6-13-7/h1,3,6H,2,4-5H2,(H,14,15)(H2,11,12,16). The predicted octanol–water partition coefficient (Wildman–Crippen LogP) is -0.250. The van der Waals surface area contributed by atoms with E-state index in [1.807, 2.05) is 0 Å². The molecule has 0 unspecified atom stereocenters. The fraction of sp³-hybridized carbons (Fsp3) is 0.333. The van der Waals surface area contributed by atoms with Crippen molar-refractivity contribution in [2.75, 3.05) is 6.54 Å². The highest BCUT2D eigenvalue weighted by Crippen LogP contribution is 1.89. The molecular formula is C9H12N4O3. The fourth-order valence-corrected chi connectivity index (χ4v) is 0.939. The van der Waals surface area contributed by atoms with Crippen molar-refractivity contribution in [2.24, 2.45) is 0 Å². The van der Waals surface area contributed by atoms with Gasteiger partial charge in [0.1, 0.15) is 6.33 Å². The summed E-state index contributed by atoms with van der Waals surface area (Å²) in [5.41, 5.74) is 0.684. The molecule has 0 aliphatic carbocycles. The molecule has 1 aromatic rings. The SMILES string of the molecule is O=C(O)CCNC(=O)NCc1ccncn1. The van der Waals surface area contributed by atoms with Crippen molar-refractivity contribution in [3.63, 3.8) is 0 Å². The Kier molecular flexibility index (Phi) is 4.71. The number of aromatic nitrogens is 2. The Morgan fingerprint density at radius 2 is 2.19 bits per heavy atom. The Labute approximate surface area is 91.9 Å². The van der Waals surface area contributed by atoms with Gasteiger partial charge in [-0.3, -0.25) is 4.79 Å². The van der Waals surface area contributed by atoms with Gasteiger partial charge in [-0.2, -0.15) is 0 Å². The van der Waals surface area contributed by atoms with Gasteiger partial charge in [0.2, 0.25) is 0 Å². The highest BCUT2D eigenvalue weighted by molar-refractivity contribution is 5.74. The number of nitrogens with zero attached hydrogens (tertiary/aromatic N) is 2. The van der Waals surface area contributed by atoms with Crippen molar-refractivity contribution in [3.05, 3.63) is 24.3 Å². The minimum atomic E-state index is -0.948. The predicted molar refractivity (Wildman–Crippen MR) is 54.5 cm³/mol. The molecule has 1 heterocycles. The molecule has 0 aliphatic rings. The van der Waals surface area contributed by atoms with Gasteiger partial charge in [-0.25, -0.2) is 14.8 Å². The maximum atomic E-state index is 11.1. The van der Waals surface area contributed by atoms with E-state index in [2.05, 4.69) is 20.6 Å². The van der Waals surface area contributed by atoms with Crippen LogP contribution in [-0.4, -0.2) is 33.6 Å². The number of carboxylic acid groups (broad SMARTS) is 1. The summed E-state index contributed by atoms with van der Waals surface area (Å²) in [6.07, 6.45) is 2.87. The van der Waals surface area contributed by atoms with E-state index in [0.29, 0.717) is 5.69 Å². The lowest BCUT2D eigenvalue weighted by atomic mass is 10.4. The van der Waals surface area contributed by atoms with Crippen LogP contribution in [0.5, 0.6) is 0 Å². The summed E-state index contributed by atoms with van der Waals surface area (Å²) in [5, 5.41) is 13.3. The molecule has 0 bridgehead atoms. The normalized spacial score (nSPS) is 9.50. The average Bonchev–Trinajstić information content (AvgIpc) is 2.27. The molecule has 1 aromatic heterocycles. The van der Waals surface area contributed by atoms with Crippen LogP contribution in [0, 0.1) is 0 Å². The maximum absolute atomic E-state index is 11.1. The molecule has 0 aromatic carbocycles. The van der Waals surface area contributed by atoms with E-state index in [1.165, 1.54) is 6.33 Å². The molecule has 0 fully saturated rings. The van der Waals surface area contributed by atoms with Crippen LogP contribution < -0.4 is 10.6 Å². The van der Waals surface area contributed by atoms with Crippen LogP contribution in [0.25, 0.3) is 0 Å². The van der Waals surface area contributed by atoms with Crippen LogP contribution >= 0.6 is 0 Å². The molecule has 3 N–H and O–H groups in total. The van der Waals surface area contributed by atoms with E-state index in [-0.39, 0.29) is 19.5 Å². The number of carbonyl (C=O) groups is 2. The second-order valence-electron chi connectivity index (χ2n) is 2.95. The van der Waals surface area contributed by atoms with Gasteiger partial charge >= 0.3 is 12.0 Å². The lowest BCUT2D eigenvalue weighted by Crippen LogP contribution is -2.36. The Bertz CT molecular complexity index is 355. The lowest BCUT2D eigenvalue weighted by Gasteiger charge is -2.05. The first-order valence-electron chi connectivity index (χ1n) is 4.67. The Hall–Kier alpha value is -2.18. The number of carbonyl (C=O) groups excluding carboxylic acids is 1. The van der Waals surface area contributed by atoms with Crippen LogP contribution in [0.1, 0.15) is 12.1 Å². The number of urea groups is 1. The van der Waals surface area contributed by atoms with Crippen molar-refractivity contribution in [1.29, 1.82) is 0 Å². The van der Waals surface area contributed by atoms with Gasteiger partial charge in [0.15, 0.2) is 0 Å². The van der Waals surface area contributed by atoms with E-state index in [0.717, 1.165) is 0 Å². The first kappa shape index (κ1) is 11.9. The summed E-state index contributed by atoms with van der Waals surface area (Å²) in [6, 6.07) is 1.26. The lowest BCUT2D eigenvalue weighted by molar-refractivity contribution is -0.136. The van der Waals surface area contributed by atoms with E-state index in [9.17, 15) is 9.59 Å². The molecule has 86 valence electrons. The highest BCUT2D eigenvalue weighted by atomic mass is 16.4. The summed E-state index contributed by atoms with van der Waals surface area (Å²) in [4.78, 5) is 29.0. The minimum Gasteiger partial charge on any atom is -0.481 e. The van der Waals surface area contributed by atoms with Gasteiger partial charge in [-0.1, -0.05) is 0 Å². The van der Waals surface area contributed by atoms with Crippen LogP contribution in [0.15, 0.2) is 18.6 Å². The zero-order chi connectivity index (χ0) is 11.8. The number of aliphatic carboxylic acids is 1. The molecular weight excluding hydrogens is 212 g/mol. The van der Waals surface area contributed by atoms with Gasteiger partial charge in [-0.15, -0.1) is 0 Å². The molecule has 0 saturated heterocycles. The van der Waals surface area contributed by atoms with E-state index in [4.69, 9.17) is 5.11 Å². The van der Waals surface area contributed by atoms with Gasteiger partial charge in [0.25, 0.3) is 0 Å². The molecule has 0 spiro atoms. The summed E-state index contributed by atoms with van der Waals surface area (Å²) >= 11 is 0. The van der Waals surface area contributed by atoms with E-state index < -0.39 is 12.0 Å². The Morgan fingerprint density at radius 1 is 1.38 bits per heavy atom. The van der Waals surface area contributed by atoms with Crippen LogP contribution in [0.2, 0.25) is 0 Å². The van der Waals surface area contributed by atoms with Crippen molar-refractivity contribution < 1.29 is 14.7 Å². The second kappa shape index (κ2) is 6.33. The molecule has 1 rings (SSSR count). The summed E-state index contributed by atoms with van der Waals surface area (Å²) in [6.45, 7) is 0.381. The van der Waals surface area contributed by atoms with Crippen molar-refractivity contribution in [2.45, 2.75) is 13.0 Å². The minimum absolute atomic E-state index is 0.0963. The maximum Gasteiger partial charge on any atom is 0.315 e. The van der Waals surface area contributed by atoms with Crippen LogP contribution in [-0.2, 0) is 11.3 Å². The van der Waals surface area contributed by atoms with Crippen molar-refractivity contribution in [1.82, 2.24) is 20.6 Å². The largest absolute Gasteiger partial charge is 0.481 e. The van der Waals surface area contributed by atoms with Crippen LogP contribution in [0.4, 0.5) is 4.79 Å². The molecule has 16 heavy (non-hydrogen) atoms. The van der Waals surface area contributed by atoms with Crippen molar-refractivity contribution in [3.8, 4) is 0 Å². The molecule has 7 nitrogen and oxygen atoms in total. The quantitative estimate of drug-likeness (QED) is 0.639. The molecule has 0 saturated carbocycles. The number of hydrogen-bond donors (Lipinski definition) is 3. The third-order valence-electron chi connectivity index (χ3n) is 1.70. The highest BCUT2D eigenvalue weighted by Gasteiger charge is 2.01. The third-order valence-corrected chi connectivity index (χ3v) is 1.70. The van der Waals surface area contributed by atoms with Gasteiger partial charge < -0.3 is 15.7 Å².